The van der Waals surface area contributed by atoms with Crippen LogP contribution in [0, 0.1) is 0 Å². The summed E-state index contributed by atoms with van der Waals surface area (Å²) >= 11 is 1.67. The number of fused-ring (bicyclic) bond motifs is 1. The molecule has 0 saturated heterocycles. The molecular weight excluding hydrogens is 246 g/mol. The Labute approximate surface area is 109 Å². The molecule has 0 aliphatic heterocycles. The summed E-state index contributed by atoms with van der Waals surface area (Å²) in [5, 5.41) is 7.40. The molecule has 0 fully saturated rings. The van der Waals surface area contributed by atoms with Crippen molar-refractivity contribution in [3.05, 3.63) is 29.8 Å². The van der Waals surface area contributed by atoms with E-state index < -0.39 is 0 Å². The average molecular weight is 259 g/mol. The Kier molecular flexibility index (Phi) is 2.48. The first-order valence-electron chi connectivity index (χ1n) is 5.54. The summed E-state index contributed by atoms with van der Waals surface area (Å²) in [7, 11) is 3.53. The molecule has 0 unspecified atom stereocenters. The Hall–Kier alpha value is -2.01. The van der Waals surface area contributed by atoms with Crippen molar-refractivity contribution in [1.82, 2.24) is 9.78 Å². The van der Waals surface area contributed by atoms with Crippen molar-refractivity contribution in [1.29, 1.82) is 0 Å². The van der Waals surface area contributed by atoms with Crippen molar-refractivity contribution >= 4 is 27.2 Å². The topological polar surface area (TPSA) is 53.1 Å². The molecule has 0 radical (unpaired) electrons. The van der Waals surface area contributed by atoms with Crippen molar-refractivity contribution < 1.29 is 4.74 Å². The number of hydrogen-bond donors (Lipinski definition) is 1. The fourth-order valence-electron chi connectivity index (χ4n) is 2.09. The van der Waals surface area contributed by atoms with Gasteiger partial charge < -0.3 is 10.5 Å². The minimum atomic E-state index is 0.674. The van der Waals surface area contributed by atoms with Gasteiger partial charge in [0.05, 0.1) is 18.0 Å². The maximum absolute atomic E-state index is 6.04. The second-order valence-corrected chi connectivity index (χ2v) is 4.96. The lowest BCUT2D eigenvalue weighted by molar-refractivity contribution is 0.420. The smallest absolute Gasteiger partial charge is 0.136 e. The van der Waals surface area contributed by atoms with Gasteiger partial charge in [-0.2, -0.15) is 5.10 Å². The minimum absolute atomic E-state index is 0.674. The van der Waals surface area contributed by atoms with Crippen LogP contribution in [-0.4, -0.2) is 16.9 Å². The predicted molar refractivity (Wildman–Crippen MR) is 75.0 cm³/mol. The van der Waals surface area contributed by atoms with Crippen molar-refractivity contribution in [2.24, 2.45) is 7.05 Å². The first-order chi connectivity index (χ1) is 8.72. The summed E-state index contributed by atoms with van der Waals surface area (Å²) in [6.45, 7) is 0. The van der Waals surface area contributed by atoms with Crippen molar-refractivity contribution in [3.63, 3.8) is 0 Å². The van der Waals surface area contributed by atoms with E-state index in [1.807, 2.05) is 19.2 Å². The largest absolute Gasteiger partial charge is 0.495 e. The zero-order chi connectivity index (χ0) is 12.7. The number of nitrogens with zero attached hydrogens (tertiary/aromatic N) is 2. The van der Waals surface area contributed by atoms with Crippen LogP contribution in [0.4, 0.5) is 5.82 Å². The molecule has 92 valence electrons. The predicted octanol–water partition coefficient (Wildman–Crippen LogP) is 2.89. The number of hydrogen-bond acceptors (Lipinski definition) is 4. The van der Waals surface area contributed by atoms with Gasteiger partial charge in [0.2, 0.25) is 0 Å². The molecule has 18 heavy (non-hydrogen) atoms. The first kappa shape index (κ1) is 11.1. The van der Waals surface area contributed by atoms with Crippen LogP contribution in [0.2, 0.25) is 0 Å². The minimum Gasteiger partial charge on any atom is -0.495 e. The van der Waals surface area contributed by atoms with E-state index in [9.17, 15) is 0 Å². The number of rotatable bonds is 2. The highest BCUT2D eigenvalue weighted by atomic mass is 32.1. The molecular formula is C13H13N3OS. The summed E-state index contributed by atoms with van der Waals surface area (Å²) < 4.78 is 8.19. The molecule has 0 spiro atoms. The summed E-state index contributed by atoms with van der Waals surface area (Å²) in [4.78, 5) is 0. The van der Waals surface area contributed by atoms with Crippen LogP contribution in [0.5, 0.6) is 5.75 Å². The number of aromatic nitrogens is 2. The van der Waals surface area contributed by atoms with Crippen LogP contribution in [0.15, 0.2) is 29.8 Å². The zero-order valence-corrected chi connectivity index (χ0v) is 11.0. The van der Waals surface area contributed by atoms with Crippen LogP contribution in [0.25, 0.3) is 21.2 Å². The Bertz CT molecular complexity index is 714. The molecule has 0 saturated carbocycles. The highest BCUT2D eigenvalue weighted by Crippen LogP contribution is 2.39. The number of aryl methyl sites for hydroxylation is 1. The normalized spacial score (nSPS) is 11.0. The van der Waals surface area contributed by atoms with Gasteiger partial charge in [-0.3, -0.25) is 4.68 Å². The van der Waals surface area contributed by atoms with Gasteiger partial charge in [0.15, 0.2) is 0 Å². The summed E-state index contributed by atoms with van der Waals surface area (Å²) in [6, 6.07) is 6.09. The molecule has 3 aromatic rings. The van der Waals surface area contributed by atoms with E-state index in [1.165, 1.54) is 0 Å². The Morgan fingerprint density at radius 1 is 1.28 bits per heavy atom. The SMILES string of the molecule is COc1ccc(-c2cnn(C)c2N)c2ccsc12. The van der Waals surface area contributed by atoms with Crippen LogP contribution in [-0.2, 0) is 7.05 Å². The molecule has 2 aromatic heterocycles. The summed E-state index contributed by atoms with van der Waals surface area (Å²) in [6.07, 6.45) is 1.80. The molecule has 2 heterocycles. The van der Waals surface area contributed by atoms with Crippen molar-refractivity contribution in [2.45, 2.75) is 0 Å². The molecule has 0 atom stereocenters. The Morgan fingerprint density at radius 3 is 2.78 bits per heavy atom. The van der Waals surface area contributed by atoms with Gasteiger partial charge in [0.1, 0.15) is 11.6 Å². The molecule has 1 aromatic carbocycles. The zero-order valence-electron chi connectivity index (χ0n) is 10.2. The molecule has 0 aliphatic rings. The number of nitrogen functional groups attached to an aromatic ring is 1. The second-order valence-electron chi connectivity index (χ2n) is 4.05. The number of methoxy groups -OCH3 is 1. The van der Waals surface area contributed by atoms with Gasteiger partial charge in [-0.1, -0.05) is 0 Å². The van der Waals surface area contributed by atoms with Crippen LogP contribution < -0.4 is 10.5 Å². The van der Waals surface area contributed by atoms with Crippen LogP contribution in [0.3, 0.4) is 0 Å². The lowest BCUT2D eigenvalue weighted by Gasteiger charge is -2.06. The lowest BCUT2D eigenvalue weighted by atomic mass is 10.0. The van der Waals surface area contributed by atoms with E-state index in [2.05, 4.69) is 16.5 Å². The van der Waals surface area contributed by atoms with Gasteiger partial charge in [-0.25, -0.2) is 0 Å². The average Bonchev–Trinajstić information content (AvgIpc) is 2.98. The first-order valence-corrected chi connectivity index (χ1v) is 6.42. The molecule has 0 aliphatic carbocycles. The van der Waals surface area contributed by atoms with E-state index in [4.69, 9.17) is 10.5 Å². The maximum atomic E-state index is 6.04. The molecule has 4 nitrogen and oxygen atoms in total. The third kappa shape index (κ3) is 1.48. The number of thiophene rings is 1. The Balaban J connectivity index is 2.31. The molecule has 5 heteroatoms. The highest BCUT2D eigenvalue weighted by molar-refractivity contribution is 7.17. The molecule has 3 rings (SSSR count). The fourth-order valence-corrected chi connectivity index (χ4v) is 3.00. The Morgan fingerprint density at radius 2 is 2.11 bits per heavy atom. The third-order valence-corrected chi connectivity index (χ3v) is 4.00. The van der Waals surface area contributed by atoms with E-state index in [-0.39, 0.29) is 0 Å². The van der Waals surface area contributed by atoms with Gasteiger partial charge in [-0.15, -0.1) is 11.3 Å². The second kappa shape index (κ2) is 4.03. The van der Waals surface area contributed by atoms with Crippen LogP contribution >= 0.6 is 11.3 Å². The van der Waals surface area contributed by atoms with Gasteiger partial charge >= 0.3 is 0 Å². The monoisotopic (exact) mass is 259 g/mol. The van der Waals surface area contributed by atoms with Crippen molar-refractivity contribution in [3.8, 4) is 16.9 Å². The van der Waals surface area contributed by atoms with E-state index >= 15 is 0 Å². The maximum Gasteiger partial charge on any atom is 0.136 e. The summed E-state index contributed by atoms with van der Waals surface area (Å²) in [5.41, 5.74) is 8.09. The van der Waals surface area contributed by atoms with Crippen LogP contribution in [0.1, 0.15) is 0 Å². The molecule has 2 N–H and O–H groups in total. The standard InChI is InChI=1S/C13H13N3OS/c1-16-13(14)10(7-15-16)8-3-4-11(17-2)12-9(8)5-6-18-12/h3-7H,14H2,1-2H3. The molecule has 0 amide bonds. The van der Waals surface area contributed by atoms with Crippen molar-refractivity contribution in [2.75, 3.05) is 12.8 Å². The van der Waals surface area contributed by atoms with E-state index in [1.54, 1.807) is 29.3 Å². The number of nitrogens with two attached hydrogens (primary N) is 1. The van der Waals surface area contributed by atoms with Gasteiger partial charge in [-0.05, 0) is 29.1 Å². The van der Waals surface area contributed by atoms with E-state index in [0.29, 0.717) is 5.82 Å². The van der Waals surface area contributed by atoms with Gasteiger partial charge in [0.25, 0.3) is 0 Å². The van der Waals surface area contributed by atoms with E-state index in [0.717, 1.165) is 27.0 Å². The highest BCUT2D eigenvalue weighted by Gasteiger charge is 2.13. The summed E-state index contributed by atoms with van der Waals surface area (Å²) in [5.74, 6) is 1.57. The van der Waals surface area contributed by atoms with Gasteiger partial charge in [0, 0.05) is 18.0 Å². The third-order valence-electron chi connectivity index (χ3n) is 3.08. The molecule has 0 bridgehead atoms. The number of anilines is 1. The lowest BCUT2D eigenvalue weighted by Crippen LogP contribution is -1.98. The number of ether oxygens (including phenoxy) is 1. The quantitative estimate of drug-likeness (QED) is 0.770. The fraction of sp³-hybridized carbons (Fsp3) is 0.154. The number of benzene rings is 1.